The quantitative estimate of drug-likeness (QED) is 0.188. The van der Waals surface area contributed by atoms with E-state index in [1.807, 2.05) is 24.3 Å². The summed E-state index contributed by atoms with van der Waals surface area (Å²) in [7, 11) is -3.84. The molecule has 0 spiro atoms. The highest BCUT2D eigenvalue weighted by molar-refractivity contribution is 7.92. The molecule has 33 heavy (non-hydrogen) atoms. The number of hydroxylamine groups is 1. The molecule has 0 aliphatic rings. The van der Waals surface area contributed by atoms with Crippen LogP contribution in [0.3, 0.4) is 0 Å². The maximum atomic E-state index is 12.5. The van der Waals surface area contributed by atoms with E-state index in [1.54, 1.807) is 25.1 Å². The van der Waals surface area contributed by atoms with E-state index in [2.05, 4.69) is 11.8 Å². The van der Waals surface area contributed by atoms with Crippen molar-refractivity contribution < 1.29 is 23.5 Å². The lowest BCUT2D eigenvalue weighted by Crippen LogP contribution is -2.49. The molecule has 1 heterocycles. The Kier molecular flexibility index (Phi) is 8.40. The molecule has 0 saturated heterocycles. The van der Waals surface area contributed by atoms with E-state index in [0.717, 1.165) is 17.4 Å². The molecular formula is C24H26N2O6S. The Morgan fingerprint density at radius 3 is 2.42 bits per heavy atom. The lowest BCUT2D eigenvalue weighted by Gasteiger charge is -2.25. The van der Waals surface area contributed by atoms with Crippen LogP contribution < -0.4 is 11.0 Å². The van der Waals surface area contributed by atoms with Gasteiger partial charge in [0, 0.05) is 30.6 Å². The van der Waals surface area contributed by atoms with E-state index in [4.69, 9.17) is 10.3 Å². The number of sulfone groups is 1. The third-order valence-corrected chi connectivity index (χ3v) is 7.20. The second-order valence-electron chi connectivity index (χ2n) is 7.65. The van der Waals surface area contributed by atoms with Crippen LogP contribution in [0, 0.1) is 11.8 Å². The van der Waals surface area contributed by atoms with Crippen molar-refractivity contribution in [3.8, 4) is 23.0 Å². The van der Waals surface area contributed by atoms with Crippen LogP contribution >= 0.6 is 0 Å². The molecule has 0 bridgehead atoms. The summed E-state index contributed by atoms with van der Waals surface area (Å²) in [6.45, 7) is 2.75. The van der Waals surface area contributed by atoms with Gasteiger partial charge in [0.25, 0.3) is 11.5 Å². The summed E-state index contributed by atoms with van der Waals surface area (Å²) >= 11 is 0. The van der Waals surface area contributed by atoms with Crippen LogP contribution in [0.1, 0.15) is 25.8 Å². The van der Waals surface area contributed by atoms with E-state index in [9.17, 15) is 18.0 Å². The fourth-order valence-corrected chi connectivity index (χ4v) is 3.74. The summed E-state index contributed by atoms with van der Waals surface area (Å²) in [6, 6.07) is 10.4. The summed E-state index contributed by atoms with van der Waals surface area (Å²) in [6.07, 6.45) is 7.04. The number of carbonyl (C=O) groups excluding carboxylic acids is 1. The number of benzene rings is 1. The average molecular weight is 471 g/mol. The van der Waals surface area contributed by atoms with Gasteiger partial charge < -0.3 is 9.67 Å². The number of amides is 1. The molecule has 1 amide bonds. The van der Waals surface area contributed by atoms with Gasteiger partial charge in [0.2, 0.25) is 0 Å². The van der Waals surface area contributed by atoms with Crippen LogP contribution in [0.4, 0.5) is 0 Å². The fraction of sp³-hybridized carbons (Fsp3) is 0.250. The van der Waals surface area contributed by atoms with Crippen molar-refractivity contribution in [2.45, 2.75) is 31.6 Å². The van der Waals surface area contributed by atoms with Crippen LogP contribution in [-0.4, -0.2) is 40.2 Å². The van der Waals surface area contributed by atoms with Crippen LogP contribution in [0.15, 0.2) is 71.4 Å². The SMILES string of the molecule is C/C(O)=C/C=C/C#Cc1ccc(-c2ccn(CCC(C)(C(=O)NO)S(C)(=O)=O)c(=O)c2)cc1. The number of hydrogen-bond donors (Lipinski definition) is 3. The topological polar surface area (TPSA) is 126 Å². The first-order valence-corrected chi connectivity index (χ1v) is 11.9. The molecule has 0 saturated carbocycles. The molecule has 8 nitrogen and oxygen atoms in total. The number of carbonyl (C=O) groups is 1. The normalized spacial score (nSPS) is 13.8. The Morgan fingerprint density at radius 2 is 1.88 bits per heavy atom. The molecule has 0 fully saturated rings. The molecule has 1 aromatic carbocycles. The number of aromatic nitrogens is 1. The molecule has 1 atom stereocenters. The molecule has 2 aromatic rings. The van der Waals surface area contributed by atoms with Crippen molar-refractivity contribution in [1.29, 1.82) is 0 Å². The molecular weight excluding hydrogens is 444 g/mol. The first kappa shape index (κ1) is 25.6. The molecule has 0 aliphatic heterocycles. The number of aliphatic hydroxyl groups excluding tert-OH is 1. The molecule has 3 N–H and O–H groups in total. The highest BCUT2D eigenvalue weighted by Gasteiger charge is 2.43. The van der Waals surface area contributed by atoms with Gasteiger partial charge in [0.15, 0.2) is 14.6 Å². The van der Waals surface area contributed by atoms with E-state index in [0.29, 0.717) is 5.56 Å². The van der Waals surface area contributed by atoms with Crippen molar-refractivity contribution in [2.24, 2.45) is 0 Å². The van der Waals surface area contributed by atoms with Gasteiger partial charge in [-0.2, -0.15) is 0 Å². The second kappa shape index (κ2) is 10.8. The number of allylic oxidation sites excluding steroid dienone is 4. The standard InChI is InChI=1S/C24H26N2O6S/c1-18(27)7-5-4-6-8-19-9-11-20(12-10-19)21-13-15-26(22(28)17-21)16-14-24(2,23(29)25-30)33(3,31)32/h4-5,7,9-13,15,17,27,30H,14,16H2,1-3H3,(H,25,29)/b5-4+,18-7-. The maximum absolute atomic E-state index is 12.5. The van der Waals surface area contributed by atoms with Gasteiger partial charge in [0.05, 0.1) is 5.76 Å². The smallest absolute Gasteiger partial charge is 0.264 e. The maximum Gasteiger partial charge on any atom is 0.264 e. The summed E-state index contributed by atoms with van der Waals surface area (Å²) in [5.74, 6) is 4.96. The molecule has 1 aromatic heterocycles. The molecule has 9 heteroatoms. The van der Waals surface area contributed by atoms with Crippen molar-refractivity contribution in [3.63, 3.8) is 0 Å². The molecule has 174 valence electrons. The van der Waals surface area contributed by atoms with Gasteiger partial charge in [-0.1, -0.05) is 30.0 Å². The van der Waals surface area contributed by atoms with Crippen molar-refractivity contribution in [3.05, 3.63) is 82.5 Å². The molecule has 2 rings (SSSR count). The van der Waals surface area contributed by atoms with Crippen LogP contribution in [-0.2, 0) is 21.2 Å². The lowest BCUT2D eigenvalue weighted by molar-refractivity contribution is -0.131. The minimum absolute atomic E-state index is 0.0247. The molecule has 1 unspecified atom stereocenters. The van der Waals surface area contributed by atoms with Gasteiger partial charge in [-0.05, 0) is 61.7 Å². The number of hydrogen-bond acceptors (Lipinski definition) is 6. The van der Waals surface area contributed by atoms with Crippen LogP contribution in [0.5, 0.6) is 0 Å². The number of rotatable bonds is 7. The van der Waals surface area contributed by atoms with Crippen molar-refractivity contribution >= 4 is 15.7 Å². The van der Waals surface area contributed by atoms with E-state index in [-0.39, 0.29) is 24.3 Å². The summed E-state index contributed by atoms with van der Waals surface area (Å²) in [4.78, 5) is 24.5. The Balaban J connectivity index is 2.17. The monoisotopic (exact) mass is 470 g/mol. The second-order valence-corrected chi connectivity index (χ2v) is 10.1. The summed E-state index contributed by atoms with van der Waals surface area (Å²) < 4.78 is 23.6. The highest BCUT2D eigenvalue weighted by atomic mass is 32.2. The largest absolute Gasteiger partial charge is 0.513 e. The lowest BCUT2D eigenvalue weighted by atomic mass is 10.0. The molecule has 0 radical (unpaired) electrons. The zero-order chi connectivity index (χ0) is 24.6. The van der Waals surface area contributed by atoms with Gasteiger partial charge in [-0.3, -0.25) is 14.8 Å². The van der Waals surface area contributed by atoms with Crippen LogP contribution in [0.25, 0.3) is 11.1 Å². The van der Waals surface area contributed by atoms with Crippen molar-refractivity contribution in [2.75, 3.05) is 6.26 Å². The Hall–Kier alpha value is -3.61. The first-order chi connectivity index (χ1) is 15.5. The van der Waals surface area contributed by atoms with Gasteiger partial charge in [-0.15, -0.1) is 0 Å². The third kappa shape index (κ3) is 6.68. The zero-order valence-electron chi connectivity index (χ0n) is 18.6. The summed E-state index contributed by atoms with van der Waals surface area (Å²) in [5.41, 5.74) is 3.30. The third-order valence-electron chi connectivity index (χ3n) is 5.18. The average Bonchev–Trinajstić information content (AvgIpc) is 2.76. The van der Waals surface area contributed by atoms with Crippen molar-refractivity contribution in [1.82, 2.24) is 10.0 Å². The highest BCUT2D eigenvalue weighted by Crippen LogP contribution is 2.22. The van der Waals surface area contributed by atoms with E-state index < -0.39 is 20.5 Å². The van der Waals surface area contributed by atoms with Crippen LogP contribution in [0.2, 0.25) is 0 Å². The minimum atomic E-state index is -3.84. The summed E-state index contributed by atoms with van der Waals surface area (Å²) in [5, 5.41) is 18.0. The fourth-order valence-electron chi connectivity index (χ4n) is 2.90. The zero-order valence-corrected chi connectivity index (χ0v) is 19.4. The first-order valence-electron chi connectivity index (χ1n) is 9.97. The molecule has 0 aliphatic carbocycles. The number of pyridine rings is 1. The Bertz CT molecular complexity index is 1290. The predicted octanol–water partition coefficient (Wildman–Crippen LogP) is 2.58. The van der Waals surface area contributed by atoms with Gasteiger partial charge in [-0.25, -0.2) is 13.9 Å². The van der Waals surface area contributed by atoms with Gasteiger partial charge in [0.1, 0.15) is 0 Å². The Labute approximate surface area is 192 Å². The van der Waals surface area contributed by atoms with E-state index >= 15 is 0 Å². The number of aryl methyl sites for hydroxylation is 1. The number of aliphatic hydroxyl groups is 1. The Morgan fingerprint density at radius 1 is 1.21 bits per heavy atom. The number of nitrogens with zero attached hydrogens (tertiary/aromatic N) is 1. The number of nitrogens with one attached hydrogen (secondary N) is 1. The van der Waals surface area contributed by atoms with E-state index in [1.165, 1.54) is 35.3 Å². The van der Waals surface area contributed by atoms with Gasteiger partial charge >= 0.3 is 0 Å². The predicted molar refractivity (Wildman–Crippen MR) is 126 cm³/mol. The minimum Gasteiger partial charge on any atom is -0.513 e.